The Hall–Kier alpha value is -1.69. The van der Waals surface area contributed by atoms with E-state index in [-0.39, 0.29) is 0 Å². The van der Waals surface area contributed by atoms with Crippen molar-refractivity contribution < 1.29 is 4.79 Å². The largest absolute Gasteiger partial charge is 0.365 e. The van der Waals surface area contributed by atoms with Gasteiger partial charge in [0.05, 0.1) is 21.4 Å². The average Bonchev–Trinajstić information content (AvgIpc) is 2.56. The fraction of sp³-hybridized carbons (Fsp3) is 0.250. The summed E-state index contributed by atoms with van der Waals surface area (Å²) in [5, 5.41) is 4.36. The minimum Gasteiger partial charge on any atom is -0.365 e. The number of aromatic nitrogens is 3. The van der Waals surface area contributed by atoms with Gasteiger partial charge in [0, 0.05) is 5.69 Å². The van der Waals surface area contributed by atoms with Crippen LogP contribution in [-0.2, 0) is 0 Å². The summed E-state index contributed by atoms with van der Waals surface area (Å²) in [5.74, 6) is -0.0463. The number of hydrogen-bond acceptors (Lipinski definition) is 3. The summed E-state index contributed by atoms with van der Waals surface area (Å²) in [6.45, 7) is 5.64. The third-order valence-electron chi connectivity index (χ3n) is 2.68. The highest BCUT2D eigenvalue weighted by atomic mass is 79.9. The van der Waals surface area contributed by atoms with Gasteiger partial charge < -0.3 is 5.73 Å². The number of halogens is 1. The molecule has 94 valence electrons. The predicted molar refractivity (Wildman–Crippen MR) is 71.8 cm³/mol. The molecule has 0 aliphatic rings. The van der Waals surface area contributed by atoms with Crippen molar-refractivity contribution in [3.05, 3.63) is 39.3 Å². The van der Waals surface area contributed by atoms with Crippen LogP contribution < -0.4 is 5.73 Å². The van der Waals surface area contributed by atoms with E-state index < -0.39 is 5.91 Å². The van der Waals surface area contributed by atoms with Crippen LogP contribution in [0.1, 0.15) is 27.4 Å². The molecule has 6 heteroatoms. The maximum atomic E-state index is 11.4. The van der Waals surface area contributed by atoms with Crippen LogP contribution in [-0.4, -0.2) is 20.7 Å². The molecule has 2 rings (SSSR count). The molecule has 2 N–H and O–H groups in total. The average molecular weight is 309 g/mol. The molecule has 0 saturated carbocycles. The third-order valence-corrected chi connectivity index (χ3v) is 3.83. The van der Waals surface area contributed by atoms with Crippen molar-refractivity contribution in [2.24, 2.45) is 5.73 Å². The van der Waals surface area contributed by atoms with E-state index in [0.29, 0.717) is 11.4 Å². The predicted octanol–water partition coefficient (Wildman–Crippen LogP) is 2.05. The van der Waals surface area contributed by atoms with E-state index in [1.165, 1.54) is 0 Å². The molecule has 0 spiro atoms. The summed E-state index contributed by atoms with van der Waals surface area (Å²) in [6.07, 6.45) is 0. The summed E-state index contributed by atoms with van der Waals surface area (Å²) in [4.78, 5) is 15.8. The zero-order valence-corrected chi connectivity index (χ0v) is 11.9. The highest BCUT2D eigenvalue weighted by molar-refractivity contribution is 9.10. The van der Waals surface area contributed by atoms with Crippen LogP contribution in [0.3, 0.4) is 0 Å². The van der Waals surface area contributed by atoms with E-state index in [2.05, 4.69) is 26.0 Å². The number of carbonyl (C=O) groups excluding carboxylic acids is 1. The SMILES string of the molecule is Cc1ccc(C(N)=O)c(-n2nc(C)c(Br)c2C)n1. The van der Waals surface area contributed by atoms with Crippen LogP contribution in [0, 0.1) is 20.8 Å². The molecule has 2 heterocycles. The van der Waals surface area contributed by atoms with Crippen molar-refractivity contribution in [1.29, 1.82) is 0 Å². The molecule has 2 aromatic heterocycles. The molecular formula is C12H13BrN4O. The van der Waals surface area contributed by atoms with Gasteiger partial charge in [0.1, 0.15) is 0 Å². The van der Waals surface area contributed by atoms with Gasteiger partial charge in [-0.1, -0.05) is 0 Å². The minimum atomic E-state index is -0.513. The lowest BCUT2D eigenvalue weighted by Crippen LogP contribution is -2.17. The highest BCUT2D eigenvalue weighted by Gasteiger charge is 2.17. The van der Waals surface area contributed by atoms with Crippen molar-refractivity contribution in [2.45, 2.75) is 20.8 Å². The van der Waals surface area contributed by atoms with Crippen LogP contribution in [0.5, 0.6) is 0 Å². The molecular weight excluding hydrogens is 296 g/mol. The van der Waals surface area contributed by atoms with E-state index in [9.17, 15) is 4.79 Å². The van der Waals surface area contributed by atoms with Crippen molar-refractivity contribution in [3.8, 4) is 5.82 Å². The number of hydrogen-bond donors (Lipinski definition) is 1. The first-order valence-corrected chi connectivity index (χ1v) is 6.20. The van der Waals surface area contributed by atoms with Crippen LogP contribution in [0.4, 0.5) is 0 Å². The number of pyridine rings is 1. The van der Waals surface area contributed by atoms with Gasteiger partial charge in [0.2, 0.25) is 0 Å². The zero-order valence-electron chi connectivity index (χ0n) is 10.4. The molecule has 0 aliphatic carbocycles. The number of amides is 1. The summed E-state index contributed by atoms with van der Waals surface area (Å²) in [7, 11) is 0. The Kier molecular flexibility index (Phi) is 3.21. The van der Waals surface area contributed by atoms with Gasteiger partial charge >= 0.3 is 0 Å². The Morgan fingerprint density at radius 2 is 2.00 bits per heavy atom. The Morgan fingerprint density at radius 1 is 1.33 bits per heavy atom. The second-order valence-electron chi connectivity index (χ2n) is 4.08. The van der Waals surface area contributed by atoms with Crippen LogP contribution in [0.15, 0.2) is 16.6 Å². The fourth-order valence-electron chi connectivity index (χ4n) is 1.73. The van der Waals surface area contributed by atoms with Gasteiger partial charge in [-0.05, 0) is 48.8 Å². The summed E-state index contributed by atoms with van der Waals surface area (Å²) in [5.41, 5.74) is 8.25. The van der Waals surface area contributed by atoms with E-state index in [0.717, 1.165) is 21.6 Å². The lowest BCUT2D eigenvalue weighted by atomic mass is 10.2. The fourth-order valence-corrected chi connectivity index (χ4v) is 1.97. The number of carbonyl (C=O) groups is 1. The van der Waals surface area contributed by atoms with Crippen molar-refractivity contribution >= 4 is 21.8 Å². The number of nitrogens with two attached hydrogens (primary N) is 1. The van der Waals surface area contributed by atoms with Gasteiger partial charge in [-0.2, -0.15) is 5.10 Å². The first-order valence-electron chi connectivity index (χ1n) is 5.41. The number of rotatable bonds is 2. The second-order valence-corrected chi connectivity index (χ2v) is 4.88. The molecule has 0 aliphatic heterocycles. The lowest BCUT2D eigenvalue weighted by molar-refractivity contribution is 0.1000. The molecule has 0 saturated heterocycles. The maximum absolute atomic E-state index is 11.4. The molecule has 0 radical (unpaired) electrons. The molecule has 1 amide bonds. The quantitative estimate of drug-likeness (QED) is 0.922. The minimum absolute atomic E-state index is 0.360. The monoisotopic (exact) mass is 308 g/mol. The summed E-state index contributed by atoms with van der Waals surface area (Å²) in [6, 6.07) is 3.43. The molecule has 0 unspecified atom stereocenters. The van der Waals surface area contributed by atoms with E-state index in [1.807, 2.05) is 20.8 Å². The van der Waals surface area contributed by atoms with Crippen LogP contribution in [0.25, 0.3) is 5.82 Å². The van der Waals surface area contributed by atoms with Crippen molar-refractivity contribution in [2.75, 3.05) is 0 Å². The van der Waals surface area contributed by atoms with Gasteiger partial charge in [0.15, 0.2) is 5.82 Å². The molecule has 5 nitrogen and oxygen atoms in total. The molecule has 0 bridgehead atoms. The molecule has 0 atom stereocenters. The Morgan fingerprint density at radius 3 is 2.50 bits per heavy atom. The summed E-state index contributed by atoms with van der Waals surface area (Å²) >= 11 is 3.45. The standard InChI is InChI=1S/C12H13BrN4O/c1-6-4-5-9(11(14)18)12(15-6)17-8(3)10(13)7(2)16-17/h4-5H,1-3H3,(H2,14,18). The third kappa shape index (κ3) is 2.03. The molecule has 18 heavy (non-hydrogen) atoms. The van der Waals surface area contributed by atoms with E-state index >= 15 is 0 Å². The van der Waals surface area contributed by atoms with Gasteiger partial charge in [-0.15, -0.1) is 0 Å². The Balaban J connectivity index is 2.73. The smallest absolute Gasteiger partial charge is 0.252 e. The van der Waals surface area contributed by atoms with E-state index in [1.54, 1.807) is 16.8 Å². The van der Waals surface area contributed by atoms with Gasteiger partial charge in [0.25, 0.3) is 5.91 Å². The molecule has 0 fully saturated rings. The first-order chi connectivity index (χ1) is 8.41. The highest BCUT2D eigenvalue weighted by Crippen LogP contribution is 2.23. The maximum Gasteiger partial charge on any atom is 0.252 e. The topological polar surface area (TPSA) is 73.8 Å². The van der Waals surface area contributed by atoms with Gasteiger partial charge in [-0.25, -0.2) is 9.67 Å². The number of aryl methyl sites for hydroxylation is 2. The van der Waals surface area contributed by atoms with Crippen molar-refractivity contribution in [1.82, 2.24) is 14.8 Å². The van der Waals surface area contributed by atoms with E-state index in [4.69, 9.17) is 5.73 Å². The second kappa shape index (κ2) is 4.53. The van der Waals surface area contributed by atoms with Gasteiger partial charge in [-0.3, -0.25) is 4.79 Å². The zero-order chi connectivity index (χ0) is 13.4. The van der Waals surface area contributed by atoms with Crippen LogP contribution in [0.2, 0.25) is 0 Å². The molecule has 0 aromatic carbocycles. The molecule has 2 aromatic rings. The van der Waals surface area contributed by atoms with Crippen molar-refractivity contribution in [3.63, 3.8) is 0 Å². The number of primary amides is 1. The number of nitrogens with zero attached hydrogens (tertiary/aromatic N) is 3. The first kappa shape index (κ1) is 12.8. The van der Waals surface area contributed by atoms with Crippen LogP contribution >= 0.6 is 15.9 Å². The Labute approximate surface area is 113 Å². The summed E-state index contributed by atoms with van der Waals surface area (Å²) < 4.78 is 2.54. The Bertz CT molecular complexity index is 633. The lowest BCUT2D eigenvalue weighted by Gasteiger charge is -2.08. The normalized spacial score (nSPS) is 10.7.